The molecule has 2 aliphatic heterocycles. The highest BCUT2D eigenvalue weighted by atomic mass is 16.5. The molecule has 6 fully saturated rings. The van der Waals surface area contributed by atoms with Crippen LogP contribution >= 0.6 is 0 Å². The Balaban J connectivity index is 1.18. The van der Waals surface area contributed by atoms with E-state index in [2.05, 4.69) is 20.8 Å². The monoisotopic (exact) mass is 356 g/mol. The molecule has 1 heteroatoms. The van der Waals surface area contributed by atoms with Crippen molar-refractivity contribution in [3.8, 4) is 0 Å². The fourth-order valence-corrected chi connectivity index (χ4v) is 10.0. The van der Waals surface area contributed by atoms with E-state index in [1.165, 1.54) is 51.4 Å². The van der Waals surface area contributed by atoms with Crippen LogP contribution in [0.1, 0.15) is 104 Å². The van der Waals surface area contributed by atoms with Gasteiger partial charge in [0.1, 0.15) is 0 Å². The largest absolute Gasteiger partial charge is 0.374 e. The van der Waals surface area contributed by atoms with E-state index in [1.54, 1.807) is 32.1 Å². The predicted octanol–water partition coefficient (Wildman–Crippen LogP) is 6.75. The SMILES string of the molecule is CC1(C)CCC2(CC3CC(CC4(C)CCC5(CC6CCC5O6)C4)C2C3)C1. The van der Waals surface area contributed by atoms with Crippen LogP contribution in [0.4, 0.5) is 0 Å². The third-order valence-corrected chi connectivity index (χ3v) is 10.6. The molecule has 8 unspecified atom stereocenters. The van der Waals surface area contributed by atoms with E-state index in [-0.39, 0.29) is 0 Å². The topological polar surface area (TPSA) is 9.23 Å². The molecular weight excluding hydrogens is 316 g/mol. The first kappa shape index (κ1) is 16.9. The number of ether oxygens (including phenoxy) is 1. The quantitative estimate of drug-likeness (QED) is 0.532. The Morgan fingerprint density at radius 2 is 1.69 bits per heavy atom. The lowest BCUT2D eigenvalue weighted by Gasteiger charge is -2.43. The van der Waals surface area contributed by atoms with Crippen LogP contribution in [0.5, 0.6) is 0 Å². The Morgan fingerprint density at radius 3 is 2.35 bits per heavy atom. The van der Waals surface area contributed by atoms with Crippen molar-refractivity contribution >= 4 is 0 Å². The van der Waals surface area contributed by atoms with Gasteiger partial charge in [-0.15, -0.1) is 0 Å². The summed E-state index contributed by atoms with van der Waals surface area (Å²) in [5.74, 6) is 3.23. The molecular formula is C25H40O. The Labute approximate surface area is 161 Å². The summed E-state index contributed by atoms with van der Waals surface area (Å²) in [6.45, 7) is 7.75. The maximum absolute atomic E-state index is 6.32. The van der Waals surface area contributed by atoms with Crippen LogP contribution in [0, 0.1) is 39.4 Å². The highest BCUT2D eigenvalue weighted by Crippen LogP contribution is 2.70. The van der Waals surface area contributed by atoms with Gasteiger partial charge in [-0.05, 0) is 123 Å². The molecule has 0 aromatic carbocycles. The lowest BCUT2D eigenvalue weighted by molar-refractivity contribution is 0.0464. The molecule has 6 aliphatic rings. The molecule has 146 valence electrons. The normalized spacial score (nSPS) is 59.4. The zero-order chi connectivity index (χ0) is 17.8. The third kappa shape index (κ3) is 2.31. The van der Waals surface area contributed by atoms with Gasteiger partial charge >= 0.3 is 0 Å². The summed E-state index contributed by atoms with van der Waals surface area (Å²) in [6, 6.07) is 0. The second-order valence-electron chi connectivity index (χ2n) is 13.2. The van der Waals surface area contributed by atoms with Gasteiger partial charge in [0, 0.05) is 0 Å². The number of hydrogen-bond acceptors (Lipinski definition) is 1. The smallest absolute Gasteiger partial charge is 0.0637 e. The van der Waals surface area contributed by atoms with E-state index >= 15 is 0 Å². The van der Waals surface area contributed by atoms with Crippen LogP contribution in [0.15, 0.2) is 0 Å². The molecule has 2 heterocycles. The number of rotatable bonds is 2. The molecule has 1 nitrogen and oxygen atoms in total. The first-order valence-corrected chi connectivity index (χ1v) is 11.9. The van der Waals surface area contributed by atoms with Crippen LogP contribution in [0.2, 0.25) is 0 Å². The summed E-state index contributed by atoms with van der Waals surface area (Å²) >= 11 is 0. The van der Waals surface area contributed by atoms with Gasteiger partial charge in [-0.25, -0.2) is 0 Å². The van der Waals surface area contributed by atoms with Gasteiger partial charge in [0.2, 0.25) is 0 Å². The van der Waals surface area contributed by atoms with Crippen molar-refractivity contribution in [1.29, 1.82) is 0 Å². The molecule has 4 bridgehead atoms. The van der Waals surface area contributed by atoms with Crippen molar-refractivity contribution in [2.24, 2.45) is 39.4 Å². The summed E-state index contributed by atoms with van der Waals surface area (Å²) in [4.78, 5) is 0. The van der Waals surface area contributed by atoms with Crippen molar-refractivity contribution in [1.82, 2.24) is 0 Å². The zero-order valence-electron chi connectivity index (χ0n) is 17.5. The first-order valence-electron chi connectivity index (χ1n) is 11.9. The van der Waals surface area contributed by atoms with Crippen molar-refractivity contribution in [2.45, 2.75) is 116 Å². The standard InChI is InChI=1S/C25H40O/c1-22(2)6-8-24(15-22)12-17-10-18(20(24)11-17)13-23(3)7-9-25(16-23)14-19-4-5-21(25)26-19/h17-21H,4-16H2,1-3H3. The number of fused-ring (bicyclic) bond motifs is 6. The molecule has 0 N–H and O–H groups in total. The Hall–Kier alpha value is -0.0400. The Kier molecular flexibility index (Phi) is 3.32. The fourth-order valence-electron chi connectivity index (χ4n) is 10.0. The summed E-state index contributed by atoms with van der Waals surface area (Å²) < 4.78 is 6.32. The summed E-state index contributed by atoms with van der Waals surface area (Å²) in [6.07, 6.45) is 20.8. The lowest BCUT2D eigenvalue weighted by Crippen LogP contribution is -2.35. The highest BCUT2D eigenvalue weighted by molar-refractivity contribution is 5.12. The Morgan fingerprint density at radius 1 is 0.846 bits per heavy atom. The van der Waals surface area contributed by atoms with E-state index in [1.807, 2.05) is 0 Å². The van der Waals surface area contributed by atoms with Crippen molar-refractivity contribution < 1.29 is 4.74 Å². The molecule has 4 aliphatic carbocycles. The van der Waals surface area contributed by atoms with Gasteiger partial charge in [-0.1, -0.05) is 20.8 Å². The van der Waals surface area contributed by atoms with Gasteiger partial charge < -0.3 is 4.74 Å². The average Bonchev–Trinajstić information content (AvgIpc) is 3.34. The average molecular weight is 357 g/mol. The first-order chi connectivity index (χ1) is 12.3. The van der Waals surface area contributed by atoms with Gasteiger partial charge in [0.15, 0.2) is 0 Å². The molecule has 6 rings (SSSR count). The highest BCUT2D eigenvalue weighted by Gasteiger charge is 2.62. The van der Waals surface area contributed by atoms with Crippen molar-refractivity contribution in [3.05, 3.63) is 0 Å². The molecule has 26 heavy (non-hydrogen) atoms. The molecule has 2 spiro atoms. The van der Waals surface area contributed by atoms with Gasteiger partial charge in [0.05, 0.1) is 12.2 Å². The lowest BCUT2D eigenvalue weighted by atomic mass is 9.62. The van der Waals surface area contributed by atoms with Crippen LogP contribution < -0.4 is 0 Å². The van der Waals surface area contributed by atoms with E-state index < -0.39 is 0 Å². The molecule has 4 saturated carbocycles. The Bertz CT molecular complexity index is 609. The minimum absolute atomic E-state index is 0.600. The summed E-state index contributed by atoms with van der Waals surface area (Å²) in [7, 11) is 0. The summed E-state index contributed by atoms with van der Waals surface area (Å²) in [5, 5.41) is 0. The molecule has 2 saturated heterocycles. The molecule has 8 atom stereocenters. The predicted molar refractivity (Wildman–Crippen MR) is 106 cm³/mol. The summed E-state index contributed by atoms with van der Waals surface area (Å²) in [5.41, 5.74) is 2.61. The van der Waals surface area contributed by atoms with Gasteiger partial charge in [0.25, 0.3) is 0 Å². The van der Waals surface area contributed by atoms with E-state index in [0.29, 0.717) is 28.5 Å². The minimum atomic E-state index is 0.600. The zero-order valence-corrected chi connectivity index (χ0v) is 17.5. The van der Waals surface area contributed by atoms with E-state index in [0.717, 1.165) is 23.2 Å². The second-order valence-corrected chi connectivity index (χ2v) is 13.2. The maximum atomic E-state index is 6.32. The van der Waals surface area contributed by atoms with Crippen LogP contribution in [0.3, 0.4) is 0 Å². The number of hydrogen-bond donors (Lipinski definition) is 0. The molecule has 0 aromatic heterocycles. The molecule has 0 amide bonds. The van der Waals surface area contributed by atoms with Crippen LogP contribution in [-0.4, -0.2) is 12.2 Å². The van der Waals surface area contributed by atoms with Gasteiger partial charge in [-0.2, -0.15) is 0 Å². The minimum Gasteiger partial charge on any atom is -0.374 e. The van der Waals surface area contributed by atoms with E-state index in [9.17, 15) is 0 Å². The molecule has 0 aromatic rings. The van der Waals surface area contributed by atoms with Crippen molar-refractivity contribution in [2.75, 3.05) is 0 Å². The third-order valence-electron chi connectivity index (χ3n) is 10.6. The van der Waals surface area contributed by atoms with E-state index in [4.69, 9.17) is 4.74 Å². The fraction of sp³-hybridized carbons (Fsp3) is 1.00. The van der Waals surface area contributed by atoms with Crippen LogP contribution in [-0.2, 0) is 4.74 Å². The molecule has 0 radical (unpaired) electrons. The van der Waals surface area contributed by atoms with Crippen LogP contribution in [0.25, 0.3) is 0 Å². The maximum Gasteiger partial charge on any atom is 0.0637 e. The van der Waals surface area contributed by atoms with Gasteiger partial charge in [-0.3, -0.25) is 0 Å². The second kappa shape index (κ2) is 5.11. The van der Waals surface area contributed by atoms with Crippen molar-refractivity contribution in [3.63, 3.8) is 0 Å².